The summed E-state index contributed by atoms with van der Waals surface area (Å²) in [6.07, 6.45) is 5.36. The lowest BCUT2D eigenvalue weighted by Crippen LogP contribution is -2.67. The average Bonchev–Trinajstić information content (AvgIpc) is 2.64. The number of nitrogens with zero attached hydrogens (tertiary/aromatic N) is 2. The highest BCUT2D eigenvalue weighted by atomic mass is 19.1. The van der Waals surface area contributed by atoms with Crippen molar-refractivity contribution in [3.8, 4) is 0 Å². The molecule has 5 nitrogen and oxygen atoms in total. The Balaban J connectivity index is 1.32. The van der Waals surface area contributed by atoms with E-state index >= 15 is 0 Å². The third-order valence-electron chi connectivity index (χ3n) is 5.18. The van der Waals surface area contributed by atoms with Gasteiger partial charge in [0.15, 0.2) is 0 Å². The molecule has 2 aromatic rings. The highest BCUT2D eigenvalue weighted by Gasteiger charge is 2.49. The molecule has 0 radical (unpaired) electrons. The van der Waals surface area contributed by atoms with Gasteiger partial charge < -0.3 is 14.4 Å². The van der Waals surface area contributed by atoms with Gasteiger partial charge in [-0.3, -0.25) is 9.78 Å². The third kappa shape index (κ3) is 4.01. The van der Waals surface area contributed by atoms with E-state index in [1.807, 2.05) is 19.3 Å². The zero-order valence-corrected chi connectivity index (χ0v) is 15.4. The number of ether oxygens (including phenoxy) is 2. The van der Waals surface area contributed by atoms with Gasteiger partial charge in [-0.25, -0.2) is 4.39 Å². The van der Waals surface area contributed by atoms with Crippen LogP contribution in [0.5, 0.6) is 0 Å². The normalized spacial score (nSPS) is 21.1. The van der Waals surface area contributed by atoms with Crippen molar-refractivity contribution in [1.82, 2.24) is 9.88 Å². The fourth-order valence-electron chi connectivity index (χ4n) is 3.85. The lowest BCUT2D eigenvalue weighted by atomic mass is 9.84. The Morgan fingerprint density at radius 1 is 1.37 bits per heavy atom. The molecule has 2 saturated heterocycles. The molecule has 1 aromatic heterocycles. The molecule has 0 saturated carbocycles. The Hall–Kier alpha value is -2.31. The molecule has 2 aliphatic rings. The molecule has 0 aliphatic carbocycles. The first kappa shape index (κ1) is 18.1. The van der Waals surface area contributed by atoms with Gasteiger partial charge in [-0.15, -0.1) is 0 Å². The summed E-state index contributed by atoms with van der Waals surface area (Å²) in [6, 6.07) is 7.88. The van der Waals surface area contributed by atoms with E-state index in [-0.39, 0.29) is 17.6 Å². The molecule has 27 heavy (non-hydrogen) atoms. The zero-order valence-electron chi connectivity index (χ0n) is 15.4. The van der Waals surface area contributed by atoms with Crippen LogP contribution >= 0.6 is 0 Å². The van der Waals surface area contributed by atoms with Crippen molar-refractivity contribution in [1.29, 1.82) is 0 Å². The SMILES string of the molecule is Cc1cncc(CO[C@H]2CCOC3(C2)CN(C(=O)c2cccc(F)c2)C3)c1. The summed E-state index contributed by atoms with van der Waals surface area (Å²) in [5.41, 5.74) is 2.22. The number of aryl methyl sites for hydroxylation is 1. The van der Waals surface area contributed by atoms with E-state index in [0.29, 0.717) is 31.9 Å². The molecule has 0 unspecified atom stereocenters. The van der Waals surface area contributed by atoms with Gasteiger partial charge in [0, 0.05) is 31.0 Å². The first-order valence-electron chi connectivity index (χ1n) is 9.24. The molecule has 1 amide bonds. The van der Waals surface area contributed by atoms with Gasteiger partial charge in [-0.1, -0.05) is 12.1 Å². The Labute approximate surface area is 158 Å². The number of amides is 1. The number of likely N-dealkylation sites (tertiary alicyclic amines) is 1. The summed E-state index contributed by atoms with van der Waals surface area (Å²) in [6.45, 7) is 4.21. The fourth-order valence-corrected chi connectivity index (χ4v) is 3.85. The van der Waals surface area contributed by atoms with Crippen LogP contribution in [-0.4, -0.2) is 47.2 Å². The van der Waals surface area contributed by atoms with E-state index in [2.05, 4.69) is 11.1 Å². The maximum atomic E-state index is 13.3. The molecule has 0 N–H and O–H groups in total. The Kier molecular flexibility index (Phi) is 4.93. The number of hydrogen-bond donors (Lipinski definition) is 0. The lowest BCUT2D eigenvalue weighted by Gasteiger charge is -2.53. The summed E-state index contributed by atoms with van der Waals surface area (Å²) in [5.74, 6) is -0.554. The van der Waals surface area contributed by atoms with Crippen LogP contribution in [0.25, 0.3) is 0 Å². The van der Waals surface area contributed by atoms with Crippen LogP contribution in [0.4, 0.5) is 4.39 Å². The Bertz CT molecular complexity index is 836. The first-order valence-corrected chi connectivity index (χ1v) is 9.24. The topological polar surface area (TPSA) is 51.7 Å². The largest absolute Gasteiger partial charge is 0.373 e. The van der Waals surface area contributed by atoms with E-state index in [0.717, 1.165) is 24.0 Å². The van der Waals surface area contributed by atoms with Crippen molar-refractivity contribution >= 4 is 5.91 Å². The standard InChI is InChI=1S/C21H23FN2O3/c1-15-7-16(11-23-10-15)12-26-19-5-6-27-21(9-19)13-24(14-21)20(25)17-3-2-4-18(22)8-17/h2-4,7-8,10-11,19H,5-6,9,12-14H2,1H3/t19-/m0/s1. The van der Waals surface area contributed by atoms with Crippen molar-refractivity contribution in [2.75, 3.05) is 19.7 Å². The Morgan fingerprint density at radius 2 is 2.22 bits per heavy atom. The smallest absolute Gasteiger partial charge is 0.254 e. The molecule has 1 spiro atoms. The van der Waals surface area contributed by atoms with E-state index in [1.54, 1.807) is 17.0 Å². The van der Waals surface area contributed by atoms with Crippen LogP contribution in [0.1, 0.15) is 34.3 Å². The first-order chi connectivity index (χ1) is 13.0. The van der Waals surface area contributed by atoms with Crippen molar-refractivity contribution in [3.05, 3.63) is 65.2 Å². The molecule has 6 heteroatoms. The monoisotopic (exact) mass is 370 g/mol. The lowest BCUT2D eigenvalue weighted by molar-refractivity contribution is -0.188. The van der Waals surface area contributed by atoms with Gasteiger partial charge >= 0.3 is 0 Å². The minimum absolute atomic E-state index is 0.102. The predicted octanol–water partition coefficient (Wildman–Crippen LogP) is 3.12. The second-order valence-electron chi connectivity index (χ2n) is 7.50. The molecule has 1 atom stereocenters. The number of aromatic nitrogens is 1. The maximum Gasteiger partial charge on any atom is 0.254 e. The molecule has 4 rings (SSSR count). The highest BCUT2D eigenvalue weighted by Crippen LogP contribution is 2.36. The summed E-state index contributed by atoms with van der Waals surface area (Å²) >= 11 is 0. The molecule has 3 heterocycles. The van der Waals surface area contributed by atoms with Gasteiger partial charge in [0.25, 0.3) is 5.91 Å². The van der Waals surface area contributed by atoms with Crippen LogP contribution in [-0.2, 0) is 16.1 Å². The maximum absolute atomic E-state index is 13.3. The highest BCUT2D eigenvalue weighted by molar-refractivity contribution is 5.94. The zero-order chi connectivity index (χ0) is 18.9. The summed E-state index contributed by atoms with van der Waals surface area (Å²) in [4.78, 5) is 18.4. The molecular weight excluding hydrogens is 347 g/mol. The van der Waals surface area contributed by atoms with E-state index in [4.69, 9.17) is 9.47 Å². The number of rotatable bonds is 4. The van der Waals surface area contributed by atoms with Crippen molar-refractivity contribution in [2.24, 2.45) is 0 Å². The second-order valence-corrected chi connectivity index (χ2v) is 7.50. The van der Waals surface area contributed by atoms with Gasteiger partial charge in [-0.05, 0) is 42.7 Å². The molecule has 142 valence electrons. The second kappa shape index (κ2) is 7.37. The molecule has 2 aliphatic heterocycles. The van der Waals surface area contributed by atoms with Crippen molar-refractivity contribution < 1.29 is 18.7 Å². The van der Waals surface area contributed by atoms with Gasteiger partial charge in [0.2, 0.25) is 0 Å². The van der Waals surface area contributed by atoms with Gasteiger partial charge in [0.05, 0.1) is 25.8 Å². The van der Waals surface area contributed by atoms with Crippen molar-refractivity contribution in [3.63, 3.8) is 0 Å². The van der Waals surface area contributed by atoms with Crippen LogP contribution in [0.3, 0.4) is 0 Å². The number of carbonyl (C=O) groups excluding carboxylic acids is 1. The minimum Gasteiger partial charge on any atom is -0.373 e. The number of halogens is 1. The summed E-state index contributed by atoms with van der Waals surface area (Å²) in [7, 11) is 0. The predicted molar refractivity (Wildman–Crippen MR) is 97.8 cm³/mol. The third-order valence-corrected chi connectivity index (χ3v) is 5.18. The van der Waals surface area contributed by atoms with Crippen LogP contribution < -0.4 is 0 Å². The van der Waals surface area contributed by atoms with E-state index < -0.39 is 5.82 Å². The molecule has 2 fully saturated rings. The van der Waals surface area contributed by atoms with Gasteiger partial charge in [-0.2, -0.15) is 0 Å². The number of benzene rings is 1. The quantitative estimate of drug-likeness (QED) is 0.830. The molecule has 1 aromatic carbocycles. The summed E-state index contributed by atoms with van der Waals surface area (Å²) < 4.78 is 25.4. The van der Waals surface area contributed by atoms with Crippen molar-refractivity contribution in [2.45, 2.75) is 38.1 Å². The van der Waals surface area contributed by atoms with E-state index in [9.17, 15) is 9.18 Å². The minimum atomic E-state index is -0.399. The van der Waals surface area contributed by atoms with Gasteiger partial charge in [0.1, 0.15) is 11.4 Å². The average molecular weight is 370 g/mol. The number of hydrogen-bond acceptors (Lipinski definition) is 4. The number of carbonyl (C=O) groups is 1. The molecule has 0 bridgehead atoms. The Morgan fingerprint density at radius 3 is 3.00 bits per heavy atom. The van der Waals surface area contributed by atoms with Crippen LogP contribution in [0, 0.1) is 12.7 Å². The molecular formula is C21H23FN2O3. The van der Waals surface area contributed by atoms with Crippen LogP contribution in [0.15, 0.2) is 42.7 Å². The fraction of sp³-hybridized carbons (Fsp3) is 0.429. The van der Waals surface area contributed by atoms with E-state index in [1.165, 1.54) is 12.1 Å². The number of pyridine rings is 1. The van der Waals surface area contributed by atoms with Crippen LogP contribution in [0.2, 0.25) is 0 Å². The summed E-state index contributed by atoms with van der Waals surface area (Å²) in [5, 5.41) is 0.